The average Bonchev–Trinajstić information content (AvgIpc) is 2.77. The van der Waals surface area contributed by atoms with Gasteiger partial charge in [-0.1, -0.05) is 6.92 Å². The van der Waals surface area contributed by atoms with Crippen LogP contribution in [-0.2, 0) is 13.8 Å². The van der Waals surface area contributed by atoms with Gasteiger partial charge in [-0.05, 0) is 18.4 Å². The summed E-state index contributed by atoms with van der Waals surface area (Å²) >= 11 is 0. The normalized spacial score (nSPS) is 28.1. The molecule has 0 aromatic carbocycles. The van der Waals surface area contributed by atoms with Crippen molar-refractivity contribution in [3.05, 3.63) is 32.6 Å². The van der Waals surface area contributed by atoms with Gasteiger partial charge < -0.3 is 9.84 Å². The third-order valence-electron chi connectivity index (χ3n) is 4.02. The van der Waals surface area contributed by atoms with Gasteiger partial charge in [-0.2, -0.15) is 0 Å². The van der Waals surface area contributed by atoms with Crippen molar-refractivity contribution in [1.29, 1.82) is 0 Å². The number of aromatic amines is 1. The molecule has 0 saturated carbocycles. The van der Waals surface area contributed by atoms with E-state index in [0.717, 1.165) is 0 Å². The molecule has 1 fully saturated rings. The summed E-state index contributed by atoms with van der Waals surface area (Å²) in [5, 5.41) is 10.4. The fourth-order valence-corrected chi connectivity index (χ4v) is 3.52. The van der Waals surface area contributed by atoms with Gasteiger partial charge in [0.05, 0.1) is 12.7 Å². The quantitative estimate of drug-likeness (QED) is 0.742. The number of aliphatic hydroxyl groups excluding tert-OH is 1. The maximum Gasteiger partial charge on any atom is 0.508 e. The zero-order chi connectivity index (χ0) is 17.1. The molecule has 0 aliphatic carbocycles. The predicted molar refractivity (Wildman–Crippen MR) is 83.9 cm³/mol. The number of aliphatic hydroxyl groups is 1. The molecule has 0 spiro atoms. The monoisotopic (exact) mass is 345 g/mol. The number of rotatable bonds is 6. The Kier molecular flexibility index (Phi) is 5.86. The summed E-state index contributed by atoms with van der Waals surface area (Å²) in [5.41, 5.74) is -0.731. The van der Waals surface area contributed by atoms with E-state index in [0.29, 0.717) is 24.8 Å². The van der Waals surface area contributed by atoms with Gasteiger partial charge >= 0.3 is 13.7 Å². The van der Waals surface area contributed by atoms with E-state index in [2.05, 4.69) is 4.98 Å². The summed E-state index contributed by atoms with van der Waals surface area (Å²) < 4.78 is 23.6. The lowest BCUT2D eigenvalue weighted by molar-refractivity contribution is -0.0404. The first-order valence-electron chi connectivity index (χ1n) is 7.58. The zero-order valence-corrected chi connectivity index (χ0v) is 14.3. The molecule has 8 nitrogen and oxygen atoms in total. The molecular formula is C14H22N2O6P+. The van der Waals surface area contributed by atoms with Gasteiger partial charge in [0.25, 0.3) is 5.56 Å². The Morgan fingerprint density at radius 1 is 1.48 bits per heavy atom. The molecule has 5 atom stereocenters. The highest BCUT2D eigenvalue weighted by Gasteiger charge is 2.43. The van der Waals surface area contributed by atoms with Crippen LogP contribution in [0.2, 0.25) is 0 Å². The van der Waals surface area contributed by atoms with Crippen LogP contribution in [0.3, 0.4) is 0 Å². The minimum Gasteiger partial charge on any atom is -0.388 e. The molecule has 1 aliphatic rings. The maximum absolute atomic E-state index is 11.9. The van der Waals surface area contributed by atoms with Crippen molar-refractivity contribution >= 4 is 8.03 Å². The van der Waals surface area contributed by atoms with E-state index in [-0.39, 0.29) is 12.0 Å². The molecule has 2 rings (SSSR count). The first-order valence-corrected chi connectivity index (χ1v) is 8.94. The van der Waals surface area contributed by atoms with E-state index in [1.807, 2.05) is 6.92 Å². The highest BCUT2D eigenvalue weighted by molar-refractivity contribution is 7.39. The number of ether oxygens (including phenoxy) is 1. The molecular weight excluding hydrogens is 323 g/mol. The summed E-state index contributed by atoms with van der Waals surface area (Å²) in [6, 6.07) is 0. The second-order valence-electron chi connectivity index (χ2n) is 5.66. The Morgan fingerprint density at radius 2 is 2.17 bits per heavy atom. The first-order chi connectivity index (χ1) is 10.8. The molecule has 2 N–H and O–H groups in total. The number of aromatic nitrogens is 2. The van der Waals surface area contributed by atoms with Crippen LogP contribution in [0.25, 0.3) is 0 Å². The second-order valence-corrected chi connectivity index (χ2v) is 7.03. The van der Waals surface area contributed by atoms with Crippen molar-refractivity contribution < 1.29 is 18.9 Å². The molecule has 2 heterocycles. The SMILES string of the molecule is CCO[P+](=O)CCC1OC(n2cc(C)c(=O)[nH]c2=O)C(O)C1C. The van der Waals surface area contributed by atoms with Gasteiger partial charge in [0, 0.05) is 24.1 Å². The van der Waals surface area contributed by atoms with Crippen molar-refractivity contribution in [3.63, 3.8) is 0 Å². The predicted octanol–water partition coefficient (Wildman–Crippen LogP) is 0.908. The summed E-state index contributed by atoms with van der Waals surface area (Å²) in [7, 11) is -1.74. The molecule has 1 saturated heterocycles. The molecule has 0 amide bonds. The lowest BCUT2D eigenvalue weighted by Crippen LogP contribution is -2.37. The van der Waals surface area contributed by atoms with Gasteiger partial charge in [-0.15, -0.1) is 4.52 Å². The number of nitrogens with one attached hydrogen (secondary N) is 1. The van der Waals surface area contributed by atoms with Gasteiger partial charge in [0.1, 0.15) is 6.10 Å². The summed E-state index contributed by atoms with van der Waals surface area (Å²) in [5.74, 6) is -0.232. The van der Waals surface area contributed by atoms with Gasteiger partial charge in [0.15, 0.2) is 12.4 Å². The minimum absolute atomic E-state index is 0.232. The smallest absolute Gasteiger partial charge is 0.388 e. The third-order valence-corrected chi connectivity index (χ3v) is 5.19. The molecule has 128 valence electrons. The third kappa shape index (κ3) is 3.95. The standard InChI is InChI=1S/C14H21N2O6P/c1-4-21-23(20)6-5-10-9(3)11(17)13(22-10)16-7-8(2)12(18)15-14(16)19/h7,9-11,13,17H,4-6H2,1-3H3/p+1. The molecule has 1 aliphatic heterocycles. The molecule has 1 aromatic rings. The maximum atomic E-state index is 11.9. The summed E-state index contributed by atoms with van der Waals surface area (Å²) in [6.07, 6.45) is 0.0628. The number of aryl methyl sites for hydroxylation is 1. The Balaban J connectivity index is 2.14. The Morgan fingerprint density at radius 3 is 2.83 bits per heavy atom. The minimum atomic E-state index is -1.74. The van der Waals surface area contributed by atoms with E-state index in [1.165, 1.54) is 10.8 Å². The summed E-state index contributed by atoms with van der Waals surface area (Å²) in [6.45, 7) is 5.54. The van der Waals surface area contributed by atoms with Crippen LogP contribution in [-0.4, -0.2) is 39.6 Å². The highest BCUT2D eigenvalue weighted by Crippen LogP contribution is 2.36. The van der Waals surface area contributed by atoms with Crippen LogP contribution in [0.5, 0.6) is 0 Å². The van der Waals surface area contributed by atoms with Crippen molar-refractivity contribution in [2.24, 2.45) is 5.92 Å². The van der Waals surface area contributed by atoms with Crippen molar-refractivity contribution in [2.75, 3.05) is 12.8 Å². The van der Waals surface area contributed by atoms with Crippen LogP contribution in [0.15, 0.2) is 15.8 Å². The fourth-order valence-electron chi connectivity index (χ4n) is 2.64. The number of hydrogen-bond acceptors (Lipinski definition) is 6. The molecule has 0 radical (unpaired) electrons. The van der Waals surface area contributed by atoms with Gasteiger partial charge in [-0.25, -0.2) is 4.79 Å². The van der Waals surface area contributed by atoms with E-state index < -0.39 is 31.6 Å². The van der Waals surface area contributed by atoms with E-state index >= 15 is 0 Å². The van der Waals surface area contributed by atoms with Gasteiger partial charge in [-0.3, -0.25) is 14.3 Å². The molecule has 23 heavy (non-hydrogen) atoms. The topological polar surface area (TPSA) is 111 Å². The number of hydrogen-bond donors (Lipinski definition) is 2. The van der Waals surface area contributed by atoms with Crippen molar-refractivity contribution in [3.8, 4) is 0 Å². The highest BCUT2D eigenvalue weighted by atomic mass is 31.1. The zero-order valence-electron chi connectivity index (χ0n) is 13.4. The Bertz CT molecular complexity index is 685. The Labute approximate surface area is 134 Å². The van der Waals surface area contributed by atoms with E-state index in [1.54, 1.807) is 13.8 Å². The molecule has 5 unspecified atom stereocenters. The van der Waals surface area contributed by atoms with Crippen LogP contribution in [0, 0.1) is 12.8 Å². The Hall–Kier alpha value is -1.34. The lowest BCUT2D eigenvalue weighted by Gasteiger charge is -2.17. The fraction of sp³-hybridized carbons (Fsp3) is 0.714. The van der Waals surface area contributed by atoms with Gasteiger partial charge in [0.2, 0.25) is 0 Å². The van der Waals surface area contributed by atoms with Crippen LogP contribution >= 0.6 is 8.03 Å². The first kappa shape index (κ1) is 18.0. The average molecular weight is 345 g/mol. The van der Waals surface area contributed by atoms with E-state index in [9.17, 15) is 19.3 Å². The molecule has 1 aromatic heterocycles. The largest absolute Gasteiger partial charge is 0.508 e. The second kappa shape index (κ2) is 7.49. The van der Waals surface area contributed by atoms with Crippen molar-refractivity contribution in [1.82, 2.24) is 9.55 Å². The van der Waals surface area contributed by atoms with Crippen LogP contribution in [0.1, 0.15) is 32.1 Å². The number of H-pyrrole nitrogens is 1. The number of nitrogens with zero attached hydrogens (tertiary/aromatic N) is 1. The van der Waals surface area contributed by atoms with E-state index in [4.69, 9.17) is 9.26 Å². The lowest BCUT2D eigenvalue weighted by atomic mass is 9.99. The van der Waals surface area contributed by atoms with Crippen molar-refractivity contribution in [2.45, 2.75) is 45.6 Å². The molecule has 0 bridgehead atoms. The summed E-state index contributed by atoms with van der Waals surface area (Å²) in [4.78, 5) is 25.6. The van der Waals surface area contributed by atoms with Crippen LogP contribution in [0.4, 0.5) is 0 Å². The van der Waals surface area contributed by atoms with Crippen LogP contribution < -0.4 is 11.2 Å². The molecule has 9 heteroatoms.